The van der Waals surface area contributed by atoms with E-state index in [9.17, 15) is 13.2 Å². The third kappa shape index (κ3) is 3.69. The van der Waals surface area contributed by atoms with E-state index in [1.54, 1.807) is 12.1 Å². The lowest BCUT2D eigenvalue weighted by atomic mass is 10.0. The molecule has 0 aliphatic rings. The summed E-state index contributed by atoms with van der Waals surface area (Å²) < 4.78 is 37.9. The molecule has 2 atom stereocenters. The first-order valence-corrected chi connectivity index (χ1v) is 7.24. The monoisotopic (exact) mass is 307 g/mol. The van der Waals surface area contributed by atoms with Crippen LogP contribution in [-0.4, -0.2) is 11.9 Å². The van der Waals surface area contributed by atoms with E-state index < -0.39 is 11.7 Å². The van der Waals surface area contributed by atoms with Gasteiger partial charge in [-0.05, 0) is 44.2 Å². The molecule has 0 heterocycles. The minimum atomic E-state index is -4.29. The third-order valence-corrected chi connectivity index (χ3v) is 4.22. The van der Waals surface area contributed by atoms with E-state index in [0.717, 1.165) is 17.7 Å². The maximum absolute atomic E-state index is 12.6. The summed E-state index contributed by atoms with van der Waals surface area (Å²) in [6, 6.07) is 15.7. The average Bonchev–Trinajstić information content (AvgIpc) is 2.53. The van der Waals surface area contributed by atoms with Gasteiger partial charge in [-0.15, -0.1) is 0 Å². The molecular weight excluding hydrogens is 287 g/mol. The molecule has 0 unspecified atom stereocenters. The molecule has 0 fully saturated rings. The number of rotatable bonds is 4. The molecule has 118 valence electrons. The van der Waals surface area contributed by atoms with Crippen molar-refractivity contribution < 1.29 is 13.2 Å². The summed E-state index contributed by atoms with van der Waals surface area (Å²) >= 11 is 0. The number of hydrogen-bond donors (Lipinski definition) is 0. The van der Waals surface area contributed by atoms with E-state index in [1.807, 2.05) is 32.2 Å². The summed E-state index contributed by atoms with van der Waals surface area (Å²) in [7, 11) is 1.99. The first-order chi connectivity index (χ1) is 10.3. The lowest BCUT2D eigenvalue weighted by Crippen LogP contribution is -2.25. The van der Waals surface area contributed by atoms with Gasteiger partial charge in [0.1, 0.15) is 0 Å². The number of benzene rings is 2. The second-order valence-corrected chi connectivity index (χ2v) is 5.55. The fraction of sp³-hybridized carbons (Fsp3) is 0.333. The predicted octanol–water partition coefficient (Wildman–Crippen LogP) is 5.46. The molecule has 0 aliphatic carbocycles. The highest BCUT2D eigenvalue weighted by Crippen LogP contribution is 2.32. The van der Waals surface area contributed by atoms with Crippen molar-refractivity contribution in [3.05, 3.63) is 71.3 Å². The van der Waals surface area contributed by atoms with Gasteiger partial charge in [0.2, 0.25) is 0 Å². The van der Waals surface area contributed by atoms with Gasteiger partial charge in [-0.3, -0.25) is 4.90 Å². The van der Waals surface area contributed by atoms with Gasteiger partial charge in [-0.2, -0.15) is 13.2 Å². The highest BCUT2D eigenvalue weighted by atomic mass is 19.4. The summed E-state index contributed by atoms with van der Waals surface area (Å²) in [6.07, 6.45) is -4.29. The molecule has 0 bridgehead atoms. The van der Waals surface area contributed by atoms with Crippen LogP contribution in [0.1, 0.15) is 42.6 Å². The molecule has 0 aliphatic heterocycles. The van der Waals surface area contributed by atoms with Gasteiger partial charge in [0, 0.05) is 12.1 Å². The van der Waals surface area contributed by atoms with Gasteiger partial charge < -0.3 is 0 Å². The molecular formula is C18H20F3N. The number of nitrogens with zero attached hydrogens (tertiary/aromatic N) is 1. The van der Waals surface area contributed by atoms with Crippen LogP contribution in [0.4, 0.5) is 13.2 Å². The minimum absolute atomic E-state index is 0.0255. The number of alkyl halides is 3. The maximum Gasteiger partial charge on any atom is 0.416 e. The quantitative estimate of drug-likeness (QED) is 0.725. The Hall–Kier alpha value is -1.81. The fourth-order valence-electron chi connectivity index (χ4n) is 2.49. The molecule has 0 N–H and O–H groups in total. The molecule has 2 aromatic carbocycles. The van der Waals surface area contributed by atoms with Crippen molar-refractivity contribution in [2.24, 2.45) is 0 Å². The van der Waals surface area contributed by atoms with Gasteiger partial charge in [0.25, 0.3) is 0 Å². The minimum Gasteiger partial charge on any atom is -0.293 e. The SMILES string of the molecule is C[C@@H](c1ccccc1)N(C)[C@@H](C)c1ccc(C(F)(F)F)cc1. The average molecular weight is 307 g/mol. The van der Waals surface area contributed by atoms with Crippen LogP contribution >= 0.6 is 0 Å². The van der Waals surface area contributed by atoms with Crippen LogP contribution in [0.25, 0.3) is 0 Å². The zero-order valence-electron chi connectivity index (χ0n) is 12.9. The Bertz CT molecular complexity index is 590. The van der Waals surface area contributed by atoms with Crippen molar-refractivity contribution in [2.45, 2.75) is 32.1 Å². The van der Waals surface area contributed by atoms with Crippen molar-refractivity contribution in [3.63, 3.8) is 0 Å². The summed E-state index contributed by atoms with van der Waals surface area (Å²) in [5, 5.41) is 0. The van der Waals surface area contributed by atoms with E-state index in [2.05, 4.69) is 24.0 Å². The zero-order valence-corrected chi connectivity index (χ0v) is 12.9. The van der Waals surface area contributed by atoms with E-state index in [1.165, 1.54) is 5.56 Å². The Morgan fingerprint density at radius 3 is 1.68 bits per heavy atom. The topological polar surface area (TPSA) is 3.24 Å². The Morgan fingerprint density at radius 2 is 1.23 bits per heavy atom. The van der Waals surface area contributed by atoms with Crippen LogP contribution in [0.3, 0.4) is 0 Å². The van der Waals surface area contributed by atoms with Crippen molar-refractivity contribution in [3.8, 4) is 0 Å². The molecule has 2 aromatic rings. The first kappa shape index (κ1) is 16.6. The smallest absolute Gasteiger partial charge is 0.293 e. The second-order valence-electron chi connectivity index (χ2n) is 5.55. The Labute approximate surface area is 129 Å². The van der Waals surface area contributed by atoms with Gasteiger partial charge in [0.15, 0.2) is 0 Å². The largest absolute Gasteiger partial charge is 0.416 e. The first-order valence-electron chi connectivity index (χ1n) is 7.24. The molecule has 0 amide bonds. The molecule has 0 aromatic heterocycles. The van der Waals surface area contributed by atoms with Crippen molar-refractivity contribution >= 4 is 0 Å². The summed E-state index contributed by atoms with van der Waals surface area (Å²) in [4.78, 5) is 2.15. The Morgan fingerprint density at radius 1 is 0.773 bits per heavy atom. The predicted molar refractivity (Wildman–Crippen MR) is 82.5 cm³/mol. The van der Waals surface area contributed by atoms with Crippen LogP contribution < -0.4 is 0 Å². The molecule has 4 heteroatoms. The van der Waals surface area contributed by atoms with Crippen LogP contribution in [0, 0.1) is 0 Å². The Kier molecular flexibility index (Phi) is 4.91. The third-order valence-electron chi connectivity index (χ3n) is 4.22. The summed E-state index contributed by atoms with van der Waals surface area (Å²) in [5.41, 5.74) is 1.45. The highest BCUT2D eigenvalue weighted by Gasteiger charge is 2.30. The van der Waals surface area contributed by atoms with Gasteiger partial charge >= 0.3 is 6.18 Å². The highest BCUT2D eigenvalue weighted by molar-refractivity contribution is 5.27. The van der Waals surface area contributed by atoms with E-state index in [-0.39, 0.29) is 12.1 Å². The maximum atomic E-state index is 12.6. The lowest BCUT2D eigenvalue weighted by Gasteiger charge is -2.31. The summed E-state index contributed by atoms with van der Waals surface area (Å²) in [6.45, 7) is 4.10. The van der Waals surface area contributed by atoms with E-state index in [4.69, 9.17) is 0 Å². The van der Waals surface area contributed by atoms with Crippen LogP contribution in [0.5, 0.6) is 0 Å². The Balaban J connectivity index is 2.15. The molecule has 1 nitrogen and oxygen atoms in total. The molecule has 0 radical (unpaired) electrons. The molecule has 0 saturated carbocycles. The molecule has 0 spiro atoms. The normalized spacial score (nSPS) is 14.9. The van der Waals surface area contributed by atoms with Gasteiger partial charge in [-0.1, -0.05) is 42.5 Å². The van der Waals surface area contributed by atoms with Crippen molar-refractivity contribution in [1.29, 1.82) is 0 Å². The van der Waals surface area contributed by atoms with Crippen LogP contribution in [0.15, 0.2) is 54.6 Å². The molecule has 22 heavy (non-hydrogen) atoms. The van der Waals surface area contributed by atoms with Gasteiger partial charge in [0.05, 0.1) is 5.56 Å². The van der Waals surface area contributed by atoms with Crippen molar-refractivity contribution in [2.75, 3.05) is 7.05 Å². The zero-order chi connectivity index (χ0) is 16.3. The second kappa shape index (κ2) is 6.53. The van der Waals surface area contributed by atoms with E-state index in [0.29, 0.717) is 0 Å². The van der Waals surface area contributed by atoms with Gasteiger partial charge in [-0.25, -0.2) is 0 Å². The summed E-state index contributed by atoms with van der Waals surface area (Å²) in [5.74, 6) is 0. The van der Waals surface area contributed by atoms with Crippen molar-refractivity contribution in [1.82, 2.24) is 4.90 Å². The van der Waals surface area contributed by atoms with Crippen LogP contribution in [0.2, 0.25) is 0 Å². The number of hydrogen-bond acceptors (Lipinski definition) is 1. The molecule has 0 saturated heterocycles. The number of halogens is 3. The standard InChI is InChI=1S/C18H20F3N/c1-13(15-7-5-4-6-8-15)22(3)14(2)16-9-11-17(12-10-16)18(19,20)21/h4-14H,1-3H3/t13-,14-/m0/s1. The fourth-order valence-corrected chi connectivity index (χ4v) is 2.49. The van der Waals surface area contributed by atoms with Crippen LogP contribution in [-0.2, 0) is 6.18 Å². The van der Waals surface area contributed by atoms with E-state index >= 15 is 0 Å². The lowest BCUT2D eigenvalue weighted by molar-refractivity contribution is -0.137. The molecule has 2 rings (SSSR count).